The van der Waals surface area contributed by atoms with Gasteiger partial charge in [0.1, 0.15) is 5.82 Å². The van der Waals surface area contributed by atoms with Gasteiger partial charge < -0.3 is 19.9 Å². The van der Waals surface area contributed by atoms with Crippen LogP contribution in [0.1, 0.15) is 24.1 Å². The maximum Gasteiger partial charge on any atom is 0.416 e. The van der Waals surface area contributed by atoms with Crippen molar-refractivity contribution in [3.8, 4) is 17.5 Å². The van der Waals surface area contributed by atoms with Crippen molar-refractivity contribution in [2.75, 3.05) is 19.5 Å². The first-order valence-electron chi connectivity index (χ1n) is 8.29. The fourth-order valence-corrected chi connectivity index (χ4v) is 2.83. The van der Waals surface area contributed by atoms with Crippen LogP contribution in [0.3, 0.4) is 0 Å². The number of fused-ring (bicyclic) bond motifs is 1. The van der Waals surface area contributed by atoms with Gasteiger partial charge in [0.25, 0.3) is 0 Å². The second kappa shape index (κ2) is 7.41. The molecule has 148 valence electrons. The fourth-order valence-electron chi connectivity index (χ4n) is 2.83. The van der Waals surface area contributed by atoms with Crippen LogP contribution in [-0.2, 0) is 6.18 Å². The van der Waals surface area contributed by atoms with Crippen LogP contribution in [0.25, 0.3) is 10.9 Å². The number of aromatic nitrogens is 2. The van der Waals surface area contributed by atoms with Gasteiger partial charge in [-0.15, -0.1) is 0 Å². The van der Waals surface area contributed by atoms with Crippen LogP contribution in [-0.4, -0.2) is 29.3 Å². The Morgan fingerprint density at radius 1 is 1.04 bits per heavy atom. The normalized spacial score (nSPS) is 12.6. The zero-order chi connectivity index (χ0) is 20.5. The highest BCUT2D eigenvalue weighted by molar-refractivity contribution is 5.92. The predicted octanol–water partition coefficient (Wildman–Crippen LogP) is 4.54. The van der Waals surface area contributed by atoms with Gasteiger partial charge in [0.2, 0.25) is 0 Å². The number of rotatable bonds is 5. The summed E-state index contributed by atoms with van der Waals surface area (Å²) in [7, 11) is 2.95. The molecule has 0 amide bonds. The van der Waals surface area contributed by atoms with Crippen LogP contribution in [0.4, 0.5) is 19.0 Å². The summed E-state index contributed by atoms with van der Waals surface area (Å²) < 4.78 is 49.4. The first-order valence-corrected chi connectivity index (χ1v) is 8.29. The minimum absolute atomic E-state index is 0.258. The van der Waals surface area contributed by atoms with Crippen LogP contribution in [0.5, 0.6) is 17.5 Å². The SMILES string of the molecule is COc1cc2nc(O)nc(N[C@H](C)c3cccc(C(F)(F)F)c3)c2cc1OC. The van der Waals surface area contributed by atoms with Crippen molar-refractivity contribution in [1.82, 2.24) is 9.97 Å². The van der Waals surface area contributed by atoms with Crippen LogP contribution in [0, 0.1) is 0 Å². The van der Waals surface area contributed by atoms with Crippen molar-refractivity contribution >= 4 is 16.7 Å². The van der Waals surface area contributed by atoms with E-state index in [1.807, 2.05) is 0 Å². The molecule has 0 fully saturated rings. The van der Waals surface area contributed by atoms with Crippen LogP contribution in [0.15, 0.2) is 36.4 Å². The molecule has 0 bridgehead atoms. The van der Waals surface area contributed by atoms with E-state index in [-0.39, 0.29) is 5.82 Å². The lowest BCUT2D eigenvalue weighted by molar-refractivity contribution is -0.137. The van der Waals surface area contributed by atoms with E-state index in [1.165, 1.54) is 20.3 Å². The monoisotopic (exact) mass is 393 g/mol. The molecule has 6 nitrogen and oxygen atoms in total. The standard InChI is InChI=1S/C19H18F3N3O3/c1-10(11-5-4-6-12(7-11)19(20,21)22)23-17-13-8-15(27-2)16(28-3)9-14(13)24-18(26)25-17/h4-10H,1-3H3,(H2,23,24,25,26)/t10-/m1/s1. The summed E-state index contributed by atoms with van der Waals surface area (Å²) in [5.74, 6) is 1.11. The first-order chi connectivity index (χ1) is 13.2. The van der Waals surface area contributed by atoms with Crippen molar-refractivity contribution in [2.45, 2.75) is 19.1 Å². The molecular weight excluding hydrogens is 375 g/mol. The van der Waals surface area contributed by atoms with Gasteiger partial charge in [-0.05, 0) is 30.7 Å². The highest BCUT2D eigenvalue weighted by atomic mass is 19.4. The Morgan fingerprint density at radius 3 is 2.36 bits per heavy atom. The molecule has 1 heterocycles. The van der Waals surface area contributed by atoms with E-state index in [0.29, 0.717) is 28.0 Å². The molecule has 1 aromatic heterocycles. The van der Waals surface area contributed by atoms with Gasteiger partial charge in [-0.25, -0.2) is 0 Å². The van der Waals surface area contributed by atoms with Crippen molar-refractivity contribution < 1.29 is 27.8 Å². The van der Waals surface area contributed by atoms with E-state index in [4.69, 9.17) is 9.47 Å². The van der Waals surface area contributed by atoms with E-state index in [1.54, 1.807) is 25.1 Å². The van der Waals surface area contributed by atoms with Gasteiger partial charge in [-0.3, -0.25) is 0 Å². The van der Waals surface area contributed by atoms with Crippen molar-refractivity contribution in [3.63, 3.8) is 0 Å². The summed E-state index contributed by atoms with van der Waals surface area (Å²) in [6.45, 7) is 1.70. The molecule has 0 spiro atoms. The van der Waals surface area contributed by atoms with E-state index in [9.17, 15) is 18.3 Å². The van der Waals surface area contributed by atoms with E-state index in [0.717, 1.165) is 12.1 Å². The molecule has 2 N–H and O–H groups in total. The number of hydrogen-bond acceptors (Lipinski definition) is 6. The molecule has 0 saturated carbocycles. The number of nitrogens with one attached hydrogen (secondary N) is 1. The molecule has 28 heavy (non-hydrogen) atoms. The first kappa shape index (κ1) is 19.5. The average molecular weight is 393 g/mol. The highest BCUT2D eigenvalue weighted by Crippen LogP contribution is 2.36. The number of anilines is 1. The van der Waals surface area contributed by atoms with Gasteiger partial charge in [0.05, 0.1) is 25.3 Å². The zero-order valence-corrected chi connectivity index (χ0v) is 15.3. The maximum atomic E-state index is 13.0. The maximum absolute atomic E-state index is 13.0. The number of alkyl halides is 3. The van der Waals surface area contributed by atoms with E-state index >= 15 is 0 Å². The number of halogens is 3. The van der Waals surface area contributed by atoms with Gasteiger partial charge in [0.15, 0.2) is 11.5 Å². The minimum Gasteiger partial charge on any atom is -0.493 e. The Kier molecular flexibility index (Phi) is 5.17. The fraction of sp³-hybridized carbons (Fsp3) is 0.263. The molecular formula is C19H18F3N3O3. The molecule has 1 atom stereocenters. The third-order valence-electron chi connectivity index (χ3n) is 4.26. The molecule has 9 heteroatoms. The van der Waals surface area contributed by atoms with Crippen LogP contribution < -0.4 is 14.8 Å². The molecule has 0 aliphatic rings. The Hall–Kier alpha value is -3.23. The molecule has 2 aromatic carbocycles. The zero-order valence-electron chi connectivity index (χ0n) is 15.3. The molecule has 0 saturated heterocycles. The summed E-state index contributed by atoms with van der Waals surface area (Å²) in [4.78, 5) is 7.95. The van der Waals surface area contributed by atoms with Gasteiger partial charge in [-0.1, -0.05) is 12.1 Å². The van der Waals surface area contributed by atoms with Crippen LogP contribution in [0.2, 0.25) is 0 Å². The second-order valence-corrected chi connectivity index (χ2v) is 6.09. The van der Waals surface area contributed by atoms with E-state index < -0.39 is 23.8 Å². The number of aromatic hydroxyl groups is 1. The van der Waals surface area contributed by atoms with Crippen molar-refractivity contribution in [1.29, 1.82) is 0 Å². The van der Waals surface area contributed by atoms with Crippen molar-refractivity contribution in [2.24, 2.45) is 0 Å². The summed E-state index contributed by atoms with van der Waals surface area (Å²) in [5.41, 5.74) is 0.0749. The van der Waals surface area contributed by atoms with Crippen LogP contribution >= 0.6 is 0 Å². The average Bonchev–Trinajstić information content (AvgIpc) is 2.66. The van der Waals surface area contributed by atoms with E-state index in [2.05, 4.69) is 15.3 Å². The summed E-state index contributed by atoms with van der Waals surface area (Å²) in [5, 5.41) is 13.4. The number of ether oxygens (including phenoxy) is 2. The Morgan fingerprint density at radius 2 is 1.71 bits per heavy atom. The molecule has 0 radical (unpaired) electrons. The number of nitrogens with zero attached hydrogens (tertiary/aromatic N) is 2. The number of benzene rings is 2. The largest absolute Gasteiger partial charge is 0.493 e. The smallest absolute Gasteiger partial charge is 0.416 e. The summed E-state index contributed by atoms with van der Waals surface area (Å²) in [6.07, 6.45) is -4.43. The molecule has 0 aliphatic carbocycles. The van der Waals surface area contributed by atoms with Gasteiger partial charge in [0, 0.05) is 17.5 Å². The Labute approximate surface area is 159 Å². The van der Waals surface area contributed by atoms with Gasteiger partial charge in [-0.2, -0.15) is 23.1 Å². The number of hydrogen-bond donors (Lipinski definition) is 2. The lowest BCUT2D eigenvalue weighted by Crippen LogP contribution is -2.11. The van der Waals surface area contributed by atoms with Gasteiger partial charge >= 0.3 is 12.2 Å². The Balaban J connectivity index is 2.02. The molecule has 0 unspecified atom stereocenters. The minimum atomic E-state index is -4.43. The predicted molar refractivity (Wildman–Crippen MR) is 97.8 cm³/mol. The molecule has 3 rings (SSSR count). The molecule has 0 aliphatic heterocycles. The summed E-state index contributed by atoms with van der Waals surface area (Å²) >= 11 is 0. The quantitative estimate of drug-likeness (QED) is 0.663. The molecule has 3 aromatic rings. The lowest BCUT2D eigenvalue weighted by Gasteiger charge is -2.18. The third-order valence-corrected chi connectivity index (χ3v) is 4.26. The Bertz CT molecular complexity index is 1010. The third kappa shape index (κ3) is 3.88. The lowest BCUT2D eigenvalue weighted by atomic mass is 10.0. The topological polar surface area (TPSA) is 76.5 Å². The number of methoxy groups -OCH3 is 2. The second-order valence-electron chi connectivity index (χ2n) is 6.09. The van der Waals surface area contributed by atoms with Crippen molar-refractivity contribution in [3.05, 3.63) is 47.5 Å². The summed E-state index contributed by atoms with van der Waals surface area (Å²) in [6, 6.07) is 7.24. The highest BCUT2D eigenvalue weighted by Gasteiger charge is 2.30.